The zero-order chi connectivity index (χ0) is 31.2. The van der Waals surface area contributed by atoms with Crippen molar-refractivity contribution in [1.82, 2.24) is 4.57 Å². The molecule has 3 aromatic carbocycles. The van der Waals surface area contributed by atoms with Gasteiger partial charge in [-0.05, 0) is 67.8 Å². The third kappa shape index (κ3) is 6.26. The molecule has 1 aliphatic rings. The molecule has 4 aromatic rings. The topological polar surface area (TPSA) is 97.6 Å². The van der Waals surface area contributed by atoms with Crippen molar-refractivity contribution in [3.8, 4) is 23.0 Å². The van der Waals surface area contributed by atoms with Gasteiger partial charge in [0.25, 0.3) is 5.56 Å². The van der Waals surface area contributed by atoms with Crippen LogP contribution in [0.5, 0.6) is 23.0 Å². The van der Waals surface area contributed by atoms with E-state index < -0.39 is 12.0 Å². The van der Waals surface area contributed by atoms with E-state index in [1.807, 2.05) is 61.5 Å². The molecule has 0 unspecified atom stereocenters. The van der Waals surface area contributed by atoms with Gasteiger partial charge >= 0.3 is 5.97 Å². The van der Waals surface area contributed by atoms with Crippen molar-refractivity contribution in [2.24, 2.45) is 4.99 Å². The van der Waals surface area contributed by atoms with E-state index in [9.17, 15) is 9.59 Å². The zero-order valence-corrected chi connectivity index (χ0v) is 26.1. The summed E-state index contributed by atoms with van der Waals surface area (Å²) in [5, 5.41) is 0. The summed E-state index contributed by atoms with van der Waals surface area (Å²) in [6, 6.07) is 20.0. The number of rotatable bonds is 11. The fourth-order valence-electron chi connectivity index (χ4n) is 5.02. The highest BCUT2D eigenvalue weighted by Crippen LogP contribution is 2.36. The van der Waals surface area contributed by atoms with E-state index in [2.05, 4.69) is 4.99 Å². The molecule has 0 saturated carbocycles. The van der Waals surface area contributed by atoms with Crippen molar-refractivity contribution < 1.29 is 28.5 Å². The van der Waals surface area contributed by atoms with Crippen LogP contribution in [0.4, 0.5) is 0 Å². The summed E-state index contributed by atoms with van der Waals surface area (Å²) in [5.74, 6) is 1.66. The number of ether oxygens (including phenoxy) is 5. The highest BCUT2D eigenvalue weighted by molar-refractivity contribution is 7.07. The van der Waals surface area contributed by atoms with Gasteiger partial charge in [0.1, 0.15) is 6.61 Å². The van der Waals surface area contributed by atoms with E-state index in [4.69, 9.17) is 23.7 Å². The Morgan fingerprint density at radius 2 is 1.66 bits per heavy atom. The summed E-state index contributed by atoms with van der Waals surface area (Å²) in [5.41, 5.74) is 2.94. The molecule has 0 radical (unpaired) electrons. The molecule has 9 nitrogen and oxygen atoms in total. The monoisotopic (exact) mass is 614 g/mol. The fourth-order valence-corrected chi connectivity index (χ4v) is 6.07. The van der Waals surface area contributed by atoms with Gasteiger partial charge in [0, 0.05) is 0 Å². The highest BCUT2D eigenvalue weighted by Gasteiger charge is 2.34. The van der Waals surface area contributed by atoms with Crippen molar-refractivity contribution in [2.45, 2.75) is 33.4 Å². The molecule has 0 saturated heterocycles. The molecule has 0 fully saturated rings. The average Bonchev–Trinajstić information content (AvgIpc) is 3.33. The van der Waals surface area contributed by atoms with Crippen LogP contribution in [0.2, 0.25) is 0 Å². The van der Waals surface area contributed by atoms with E-state index in [0.717, 1.165) is 11.1 Å². The molecule has 228 valence electrons. The summed E-state index contributed by atoms with van der Waals surface area (Å²) in [7, 11) is 3.09. The lowest BCUT2D eigenvalue weighted by molar-refractivity contribution is -0.139. The maximum absolute atomic E-state index is 14.0. The summed E-state index contributed by atoms with van der Waals surface area (Å²) >= 11 is 1.25. The molecular formula is C34H34N2O7S. The summed E-state index contributed by atoms with van der Waals surface area (Å²) in [6.45, 7) is 6.43. The minimum atomic E-state index is -0.778. The van der Waals surface area contributed by atoms with Crippen molar-refractivity contribution in [3.05, 3.63) is 114 Å². The molecule has 5 rings (SSSR count). The van der Waals surface area contributed by atoms with Gasteiger partial charge in [-0.25, -0.2) is 9.79 Å². The summed E-state index contributed by atoms with van der Waals surface area (Å²) in [4.78, 5) is 32.4. The van der Waals surface area contributed by atoms with Crippen LogP contribution in [0.15, 0.2) is 87.8 Å². The number of thiazole rings is 1. The van der Waals surface area contributed by atoms with Gasteiger partial charge in [0.05, 0.1) is 49.3 Å². The summed E-state index contributed by atoms with van der Waals surface area (Å²) in [6.07, 6.45) is 1.79. The molecule has 2 heterocycles. The van der Waals surface area contributed by atoms with Crippen LogP contribution in [0, 0.1) is 0 Å². The molecule has 0 N–H and O–H groups in total. The van der Waals surface area contributed by atoms with Gasteiger partial charge in [0.2, 0.25) is 0 Å². The van der Waals surface area contributed by atoms with Crippen LogP contribution >= 0.6 is 11.3 Å². The van der Waals surface area contributed by atoms with Gasteiger partial charge in [-0.2, -0.15) is 0 Å². The Bertz CT molecular complexity index is 1880. The number of hydrogen-bond acceptors (Lipinski definition) is 9. The lowest BCUT2D eigenvalue weighted by atomic mass is 9.95. The molecule has 1 atom stereocenters. The number of esters is 1. The maximum Gasteiger partial charge on any atom is 0.338 e. The van der Waals surface area contributed by atoms with Crippen LogP contribution in [0.3, 0.4) is 0 Å². The normalized spacial score (nSPS) is 14.5. The molecule has 10 heteroatoms. The molecule has 0 amide bonds. The van der Waals surface area contributed by atoms with Gasteiger partial charge < -0.3 is 23.7 Å². The van der Waals surface area contributed by atoms with Crippen molar-refractivity contribution in [1.29, 1.82) is 0 Å². The van der Waals surface area contributed by atoms with Crippen LogP contribution < -0.4 is 33.8 Å². The minimum absolute atomic E-state index is 0.186. The number of carbonyl (C=O) groups excluding carboxylic acids is 1. The molecule has 44 heavy (non-hydrogen) atoms. The van der Waals surface area contributed by atoms with Crippen molar-refractivity contribution >= 4 is 23.4 Å². The van der Waals surface area contributed by atoms with Gasteiger partial charge in [-0.1, -0.05) is 53.8 Å². The Morgan fingerprint density at radius 3 is 2.36 bits per heavy atom. The van der Waals surface area contributed by atoms with Gasteiger partial charge in [0.15, 0.2) is 27.8 Å². The molecular weight excluding hydrogens is 580 g/mol. The Kier molecular flexibility index (Phi) is 9.50. The minimum Gasteiger partial charge on any atom is -0.493 e. The van der Waals surface area contributed by atoms with Crippen molar-refractivity contribution in [2.75, 3.05) is 27.4 Å². The number of hydrogen-bond donors (Lipinski definition) is 0. The molecule has 1 aliphatic heterocycles. The van der Waals surface area contributed by atoms with E-state index in [-0.39, 0.29) is 17.7 Å². The first kappa shape index (κ1) is 30.6. The smallest absolute Gasteiger partial charge is 0.338 e. The van der Waals surface area contributed by atoms with Crippen molar-refractivity contribution in [3.63, 3.8) is 0 Å². The van der Waals surface area contributed by atoms with Crippen LogP contribution in [-0.2, 0) is 16.1 Å². The number of nitrogens with zero attached hydrogens (tertiary/aromatic N) is 2. The second-order valence-electron chi connectivity index (χ2n) is 9.83. The molecule has 0 aliphatic carbocycles. The third-order valence-electron chi connectivity index (χ3n) is 7.04. The zero-order valence-electron chi connectivity index (χ0n) is 25.3. The maximum atomic E-state index is 14.0. The van der Waals surface area contributed by atoms with Crippen LogP contribution in [0.25, 0.3) is 6.08 Å². The predicted octanol–water partition coefficient (Wildman–Crippen LogP) is 4.79. The van der Waals surface area contributed by atoms with Crippen LogP contribution in [-0.4, -0.2) is 38.0 Å². The van der Waals surface area contributed by atoms with Crippen LogP contribution in [0.1, 0.15) is 43.5 Å². The molecule has 1 aromatic heterocycles. The number of allylic oxidation sites excluding steroid dienone is 1. The molecule has 0 bridgehead atoms. The Balaban J connectivity index is 1.59. The van der Waals surface area contributed by atoms with E-state index in [0.29, 0.717) is 56.8 Å². The number of benzene rings is 3. The summed E-state index contributed by atoms with van der Waals surface area (Å²) < 4.78 is 30.3. The lowest BCUT2D eigenvalue weighted by Gasteiger charge is -2.25. The quantitative estimate of drug-likeness (QED) is 0.224. The fraction of sp³-hybridized carbons (Fsp3) is 0.265. The van der Waals surface area contributed by atoms with E-state index >= 15 is 0 Å². The average molecular weight is 615 g/mol. The van der Waals surface area contributed by atoms with Gasteiger partial charge in [-0.15, -0.1) is 0 Å². The Morgan fingerprint density at radius 1 is 0.909 bits per heavy atom. The highest BCUT2D eigenvalue weighted by atomic mass is 32.1. The Labute approximate surface area is 259 Å². The third-order valence-corrected chi connectivity index (χ3v) is 8.03. The first-order valence-electron chi connectivity index (χ1n) is 14.2. The number of methoxy groups -OCH3 is 2. The van der Waals surface area contributed by atoms with E-state index in [1.165, 1.54) is 23.0 Å². The largest absolute Gasteiger partial charge is 0.493 e. The second-order valence-corrected chi connectivity index (χ2v) is 10.8. The first-order chi connectivity index (χ1) is 21.4. The Hall–Kier alpha value is -4.83. The lowest BCUT2D eigenvalue weighted by Crippen LogP contribution is -2.39. The SMILES string of the molecule is CCOC(=O)C1=C(C)N=c2s/c(=C/c3ccc(OCc4ccccc4)c(OCC)c3)c(=O)n2[C@@H]1c1ccc(OC)c(OC)c1. The number of aromatic nitrogens is 1. The number of carbonyl (C=O) groups is 1. The molecule has 0 spiro atoms. The number of fused-ring (bicyclic) bond motifs is 1. The predicted molar refractivity (Wildman–Crippen MR) is 168 cm³/mol. The van der Waals surface area contributed by atoms with E-state index in [1.54, 1.807) is 39.2 Å². The second kappa shape index (κ2) is 13.6. The first-order valence-corrected chi connectivity index (χ1v) is 15.0. The standard InChI is InChI=1S/C34H34N2O7S/c1-6-41-28-17-23(13-15-26(28)43-20-22-11-9-8-10-12-22)18-29-32(37)36-31(24-14-16-25(39-4)27(19-24)40-5)30(33(38)42-7-2)21(3)35-34(36)44-29/h8-19,31H,6-7,20H2,1-5H3/b29-18+/t31-/m1/s1. The van der Waals surface area contributed by atoms with Gasteiger partial charge in [-0.3, -0.25) is 9.36 Å².